The lowest BCUT2D eigenvalue weighted by molar-refractivity contribution is 0.0939. The number of rotatable bonds is 5. The summed E-state index contributed by atoms with van der Waals surface area (Å²) in [7, 11) is 0. The maximum Gasteiger partial charge on any atom is 0.253 e. The molecule has 1 amide bonds. The van der Waals surface area contributed by atoms with Gasteiger partial charge in [0.2, 0.25) is 0 Å². The van der Waals surface area contributed by atoms with Crippen LogP contribution in [0.4, 0.5) is 0 Å². The van der Waals surface area contributed by atoms with E-state index >= 15 is 0 Å². The summed E-state index contributed by atoms with van der Waals surface area (Å²) in [6.07, 6.45) is 3.36. The highest BCUT2D eigenvalue weighted by atomic mass is 16.1. The van der Waals surface area contributed by atoms with Crippen molar-refractivity contribution >= 4 is 16.9 Å². The predicted octanol–water partition coefficient (Wildman–Crippen LogP) is 3.97. The van der Waals surface area contributed by atoms with E-state index in [9.17, 15) is 4.79 Å². The number of fused-ring (bicyclic) bond motifs is 1. The number of amides is 1. The average Bonchev–Trinajstić information content (AvgIpc) is 3.11. The Bertz CT molecular complexity index is 1060. The molecule has 1 atom stereocenters. The van der Waals surface area contributed by atoms with Crippen molar-refractivity contribution in [2.45, 2.75) is 19.5 Å². The van der Waals surface area contributed by atoms with Crippen molar-refractivity contribution in [3.63, 3.8) is 0 Å². The molecule has 2 aromatic carbocycles. The number of hydrogen-bond acceptors (Lipinski definition) is 3. The number of carbonyl (C=O) groups is 1. The third-order valence-corrected chi connectivity index (χ3v) is 4.56. The Morgan fingerprint density at radius 2 is 1.74 bits per heavy atom. The van der Waals surface area contributed by atoms with Gasteiger partial charge in [-0.25, -0.2) is 9.67 Å². The Kier molecular flexibility index (Phi) is 4.66. The lowest BCUT2D eigenvalue weighted by atomic mass is 10.1. The summed E-state index contributed by atoms with van der Waals surface area (Å²) in [6, 6.07) is 21.8. The monoisotopic (exact) mass is 356 g/mol. The smallest absolute Gasteiger partial charge is 0.253 e. The standard InChI is InChI=1S/C22H20N4O/c1-16(18-10-6-3-7-11-18)25-22(27)20-12-19-14-24-26(21(19)23-13-20)15-17-8-4-2-5-9-17/h2-14,16H,15H2,1H3,(H,25,27)/t16-/m1/s1. The van der Waals surface area contributed by atoms with Gasteiger partial charge in [-0.15, -0.1) is 0 Å². The number of aromatic nitrogens is 3. The molecule has 2 heterocycles. The molecule has 0 unspecified atom stereocenters. The van der Waals surface area contributed by atoms with Crippen LogP contribution in [0, 0.1) is 0 Å². The van der Waals surface area contributed by atoms with Gasteiger partial charge in [0, 0.05) is 11.6 Å². The van der Waals surface area contributed by atoms with Crippen molar-refractivity contribution in [3.05, 3.63) is 95.8 Å². The van der Waals surface area contributed by atoms with Crippen LogP contribution in [0.25, 0.3) is 11.0 Å². The van der Waals surface area contributed by atoms with Gasteiger partial charge in [-0.2, -0.15) is 5.10 Å². The Morgan fingerprint density at radius 3 is 2.48 bits per heavy atom. The molecule has 0 saturated heterocycles. The molecule has 0 aliphatic carbocycles. The molecule has 4 rings (SSSR count). The summed E-state index contributed by atoms with van der Waals surface area (Å²) in [5.74, 6) is -0.142. The topological polar surface area (TPSA) is 59.8 Å². The zero-order chi connectivity index (χ0) is 18.6. The Labute approximate surface area is 157 Å². The molecule has 5 heteroatoms. The summed E-state index contributed by atoms with van der Waals surface area (Å²) in [5, 5.41) is 8.29. The van der Waals surface area contributed by atoms with Crippen molar-refractivity contribution in [2.75, 3.05) is 0 Å². The van der Waals surface area contributed by atoms with Crippen LogP contribution < -0.4 is 5.32 Å². The minimum Gasteiger partial charge on any atom is -0.345 e. The Hall–Kier alpha value is -3.47. The van der Waals surface area contributed by atoms with Crippen LogP contribution in [0.15, 0.2) is 79.1 Å². The zero-order valence-corrected chi connectivity index (χ0v) is 15.0. The molecule has 4 aromatic rings. The number of pyridine rings is 1. The molecule has 0 radical (unpaired) electrons. The van der Waals surface area contributed by atoms with Gasteiger partial charge in [0.05, 0.1) is 24.3 Å². The van der Waals surface area contributed by atoms with Gasteiger partial charge in [0.1, 0.15) is 0 Å². The van der Waals surface area contributed by atoms with Gasteiger partial charge < -0.3 is 5.32 Å². The van der Waals surface area contributed by atoms with Crippen molar-refractivity contribution in [1.82, 2.24) is 20.1 Å². The highest BCUT2D eigenvalue weighted by Gasteiger charge is 2.14. The highest BCUT2D eigenvalue weighted by Crippen LogP contribution is 2.16. The largest absolute Gasteiger partial charge is 0.345 e. The van der Waals surface area contributed by atoms with Crippen LogP contribution in [0.5, 0.6) is 0 Å². The van der Waals surface area contributed by atoms with Crippen molar-refractivity contribution in [1.29, 1.82) is 0 Å². The fourth-order valence-corrected chi connectivity index (χ4v) is 3.07. The second-order valence-electron chi connectivity index (χ2n) is 6.53. The van der Waals surface area contributed by atoms with E-state index in [-0.39, 0.29) is 11.9 Å². The third-order valence-electron chi connectivity index (χ3n) is 4.56. The van der Waals surface area contributed by atoms with E-state index in [1.54, 1.807) is 12.4 Å². The number of benzene rings is 2. The van der Waals surface area contributed by atoms with Crippen molar-refractivity contribution in [2.24, 2.45) is 0 Å². The van der Waals surface area contributed by atoms with Gasteiger partial charge >= 0.3 is 0 Å². The fourth-order valence-electron chi connectivity index (χ4n) is 3.07. The van der Waals surface area contributed by atoms with E-state index in [2.05, 4.69) is 27.5 Å². The molecule has 134 valence electrons. The van der Waals surface area contributed by atoms with Gasteiger partial charge in [-0.3, -0.25) is 4.79 Å². The van der Waals surface area contributed by atoms with Crippen LogP contribution in [0.2, 0.25) is 0 Å². The maximum absolute atomic E-state index is 12.6. The highest BCUT2D eigenvalue weighted by molar-refractivity contribution is 5.97. The molecule has 0 bridgehead atoms. The molecule has 0 aliphatic rings. The first-order chi connectivity index (χ1) is 13.2. The number of hydrogen-bond donors (Lipinski definition) is 1. The summed E-state index contributed by atoms with van der Waals surface area (Å²) >= 11 is 0. The van der Waals surface area contributed by atoms with Crippen LogP contribution in [0.1, 0.15) is 34.5 Å². The van der Waals surface area contributed by atoms with Crippen molar-refractivity contribution in [3.8, 4) is 0 Å². The molecule has 1 N–H and O–H groups in total. The van der Waals surface area contributed by atoms with E-state index in [1.165, 1.54) is 0 Å². The quantitative estimate of drug-likeness (QED) is 0.589. The third kappa shape index (κ3) is 3.72. The second-order valence-corrected chi connectivity index (χ2v) is 6.53. The predicted molar refractivity (Wildman–Crippen MR) is 105 cm³/mol. The summed E-state index contributed by atoms with van der Waals surface area (Å²) in [4.78, 5) is 17.1. The molecule has 0 aliphatic heterocycles. The van der Waals surface area contributed by atoms with Gasteiger partial charge in [-0.05, 0) is 24.1 Å². The summed E-state index contributed by atoms with van der Waals surface area (Å²) in [6.45, 7) is 2.62. The van der Waals surface area contributed by atoms with Crippen LogP contribution in [0.3, 0.4) is 0 Å². The second kappa shape index (κ2) is 7.41. The molecule has 0 saturated carbocycles. The average molecular weight is 356 g/mol. The summed E-state index contributed by atoms with van der Waals surface area (Å²) < 4.78 is 1.85. The molecule has 2 aromatic heterocycles. The van der Waals surface area contributed by atoms with Crippen LogP contribution in [-0.2, 0) is 6.54 Å². The minimum absolute atomic E-state index is 0.0739. The van der Waals surface area contributed by atoms with E-state index < -0.39 is 0 Å². The molecular formula is C22H20N4O. The Morgan fingerprint density at radius 1 is 1.04 bits per heavy atom. The fraction of sp³-hybridized carbons (Fsp3) is 0.136. The van der Waals surface area contributed by atoms with E-state index in [0.717, 1.165) is 22.2 Å². The lowest BCUT2D eigenvalue weighted by Crippen LogP contribution is -2.26. The Balaban J connectivity index is 1.53. The van der Waals surface area contributed by atoms with E-state index in [0.29, 0.717) is 12.1 Å². The van der Waals surface area contributed by atoms with Gasteiger partial charge in [0.15, 0.2) is 5.65 Å². The number of carbonyl (C=O) groups excluding carboxylic acids is 1. The molecule has 0 fully saturated rings. The summed E-state index contributed by atoms with van der Waals surface area (Å²) in [5.41, 5.74) is 3.52. The van der Waals surface area contributed by atoms with Crippen molar-refractivity contribution < 1.29 is 4.79 Å². The van der Waals surface area contributed by atoms with Crippen LogP contribution >= 0.6 is 0 Å². The minimum atomic E-state index is -0.142. The van der Waals surface area contributed by atoms with E-state index in [4.69, 9.17) is 0 Å². The zero-order valence-electron chi connectivity index (χ0n) is 15.0. The van der Waals surface area contributed by atoms with E-state index in [1.807, 2.05) is 66.2 Å². The first-order valence-corrected chi connectivity index (χ1v) is 8.92. The SMILES string of the molecule is C[C@@H](NC(=O)c1cnc2c(cnn2Cc2ccccc2)c1)c1ccccc1. The van der Waals surface area contributed by atoms with Crippen LogP contribution in [-0.4, -0.2) is 20.7 Å². The molecule has 0 spiro atoms. The first kappa shape index (κ1) is 17.0. The first-order valence-electron chi connectivity index (χ1n) is 8.92. The maximum atomic E-state index is 12.6. The molecule has 27 heavy (non-hydrogen) atoms. The normalized spacial score (nSPS) is 12.0. The lowest BCUT2D eigenvalue weighted by Gasteiger charge is -2.14. The van der Waals surface area contributed by atoms with Gasteiger partial charge in [0.25, 0.3) is 5.91 Å². The van der Waals surface area contributed by atoms with Gasteiger partial charge in [-0.1, -0.05) is 60.7 Å². The molecule has 5 nitrogen and oxygen atoms in total. The molecular weight excluding hydrogens is 336 g/mol. The number of nitrogens with one attached hydrogen (secondary N) is 1. The number of nitrogens with zero attached hydrogens (tertiary/aromatic N) is 3.